The van der Waals surface area contributed by atoms with Crippen LogP contribution in [0.4, 0.5) is 5.82 Å². The zero-order valence-corrected chi connectivity index (χ0v) is 15.9. The molecular formula is C20H25N3O4. The quantitative estimate of drug-likeness (QED) is 0.744. The molecule has 1 heterocycles. The van der Waals surface area contributed by atoms with Crippen LogP contribution in [-0.4, -0.2) is 30.6 Å². The third kappa shape index (κ3) is 5.09. The van der Waals surface area contributed by atoms with Crippen molar-refractivity contribution in [2.75, 3.05) is 19.0 Å². The summed E-state index contributed by atoms with van der Waals surface area (Å²) in [5, 5.41) is 8.98. The van der Waals surface area contributed by atoms with Gasteiger partial charge in [0.2, 0.25) is 11.8 Å². The standard InChI is InChI=1S/C20H25N3O4/c1-12-8-15(6-7-17(12)26-3)16(14-4-5-14)10-19(24)21-11-20(25)22-18-9-13(2)27-23-18/h6-9,14,16H,4-5,10-11H2,1-3H3,(H,21,24)(H,22,23,25). The SMILES string of the molecule is COc1ccc(C(CC(=O)NCC(=O)Nc2cc(C)on2)C2CC2)cc1C. The van der Waals surface area contributed by atoms with Gasteiger partial charge in [-0.1, -0.05) is 17.3 Å². The van der Waals surface area contributed by atoms with Gasteiger partial charge in [0.1, 0.15) is 11.5 Å². The minimum atomic E-state index is -0.333. The number of hydrogen-bond acceptors (Lipinski definition) is 5. The Morgan fingerprint density at radius 2 is 2.04 bits per heavy atom. The number of aryl methyl sites for hydroxylation is 2. The van der Waals surface area contributed by atoms with Crippen LogP contribution >= 0.6 is 0 Å². The summed E-state index contributed by atoms with van der Waals surface area (Å²) in [6.07, 6.45) is 2.64. The van der Waals surface area contributed by atoms with Crippen LogP contribution in [0.25, 0.3) is 0 Å². The molecule has 0 radical (unpaired) electrons. The number of rotatable bonds is 8. The fourth-order valence-electron chi connectivity index (χ4n) is 3.25. The summed E-state index contributed by atoms with van der Waals surface area (Å²) < 4.78 is 10.2. The summed E-state index contributed by atoms with van der Waals surface area (Å²) in [4.78, 5) is 24.3. The number of methoxy groups -OCH3 is 1. The normalized spacial score (nSPS) is 14.5. The number of carbonyl (C=O) groups is 2. The fourth-order valence-corrected chi connectivity index (χ4v) is 3.25. The molecule has 144 valence electrons. The van der Waals surface area contributed by atoms with Crippen molar-refractivity contribution in [1.29, 1.82) is 0 Å². The van der Waals surface area contributed by atoms with Gasteiger partial charge in [0.05, 0.1) is 13.7 Å². The number of benzene rings is 1. The van der Waals surface area contributed by atoms with Gasteiger partial charge < -0.3 is 19.9 Å². The Balaban J connectivity index is 1.54. The van der Waals surface area contributed by atoms with E-state index in [4.69, 9.17) is 9.26 Å². The Morgan fingerprint density at radius 3 is 2.63 bits per heavy atom. The first-order valence-electron chi connectivity index (χ1n) is 9.10. The van der Waals surface area contributed by atoms with E-state index in [9.17, 15) is 9.59 Å². The molecule has 7 nitrogen and oxygen atoms in total. The Morgan fingerprint density at radius 1 is 1.26 bits per heavy atom. The van der Waals surface area contributed by atoms with Gasteiger partial charge in [-0.3, -0.25) is 9.59 Å². The summed E-state index contributed by atoms with van der Waals surface area (Å²) in [5.41, 5.74) is 2.21. The summed E-state index contributed by atoms with van der Waals surface area (Å²) in [6.45, 7) is 3.65. The van der Waals surface area contributed by atoms with Crippen molar-refractivity contribution in [3.63, 3.8) is 0 Å². The van der Waals surface area contributed by atoms with Crippen LogP contribution in [0.1, 0.15) is 42.1 Å². The van der Waals surface area contributed by atoms with Crippen LogP contribution in [-0.2, 0) is 9.59 Å². The van der Waals surface area contributed by atoms with E-state index in [1.54, 1.807) is 20.1 Å². The van der Waals surface area contributed by atoms with E-state index in [0.29, 0.717) is 23.9 Å². The topological polar surface area (TPSA) is 93.5 Å². The number of aromatic nitrogens is 1. The van der Waals surface area contributed by atoms with Crippen molar-refractivity contribution in [3.8, 4) is 5.75 Å². The first-order valence-corrected chi connectivity index (χ1v) is 9.10. The number of nitrogens with one attached hydrogen (secondary N) is 2. The molecular weight excluding hydrogens is 346 g/mol. The van der Waals surface area contributed by atoms with Crippen molar-refractivity contribution >= 4 is 17.6 Å². The van der Waals surface area contributed by atoms with Crippen LogP contribution in [0.2, 0.25) is 0 Å². The van der Waals surface area contributed by atoms with Crippen LogP contribution in [0.15, 0.2) is 28.8 Å². The molecule has 1 aromatic heterocycles. The smallest absolute Gasteiger partial charge is 0.245 e. The highest BCUT2D eigenvalue weighted by molar-refractivity contribution is 5.93. The second kappa shape index (κ2) is 8.24. The number of nitrogens with zero attached hydrogens (tertiary/aromatic N) is 1. The van der Waals surface area contributed by atoms with Gasteiger partial charge in [-0.25, -0.2) is 0 Å². The van der Waals surface area contributed by atoms with Crippen molar-refractivity contribution in [2.24, 2.45) is 5.92 Å². The zero-order valence-electron chi connectivity index (χ0n) is 15.9. The molecule has 3 rings (SSSR count). The lowest BCUT2D eigenvalue weighted by Crippen LogP contribution is -2.33. The van der Waals surface area contributed by atoms with Gasteiger partial charge in [-0.2, -0.15) is 0 Å². The van der Waals surface area contributed by atoms with Crippen molar-refractivity contribution in [1.82, 2.24) is 10.5 Å². The predicted molar refractivity (Wildman–Crippen MR) is 101 cm³/mol. The molecule has 1 unspecified atom stereocenters. The third-order valence-electron chi connectivity index (χ3n) is 4.78. The van der Waals surface area contributed by atoms with E-state index in [1.165, 1.54) is 0 Å². The largest absolute Gasteiger partial charge is 0.496 e. The summed E-state index contributed by atoms with van der Waals surface area (Å²) >= 11 is 0. The number of anilines is 1. The first-order chi connectivity index (χ1) is 13.0. The van der Waals surface area contributed by atoms with Crippen LogP contribution in [0.5, 0.6) is 5.75 Å². The number of carbonyl (C=O) groups excluding carboxylic acids is 2. The van der Waals surface area contributed by atoms with Gasteiger partial charge in [-0.15, -0.1) is 0 Å². The van der Waals surface area contributed by atoms with Crippen molar-refractivity contribution < 1.29 is 18.8 Å². The lowest BCUT2D eigenvalue weighted by molar-refractivity contribution is -0.124. The molecule has 0 bridgehead atoms. The molecule has 0 saturated heterocycles. The van der Waals surface area contributed by atoms with Crippen molar-refractivity contribution in [3.05, 3.63) is 41.2 Å². The van der Waals surface area contributed by atoms with Gasteiger partial charge in [0.15, 0.2) is 5.82 Å². The number of ether oxygens (including phenoxy) is 1. The van der Waals surface area contributed by atoms with Gasteiger partial charge >= 0.3 is 0 Å². The maximum Gasteiger partial charge on any atom is 0.245 e. The van der Waals surface area contributed by atoms with Gasteiger partial charge in [-0.05, 0) is 55.7 Å². The molecule has 2 aromatic rings. The summed E-state index contributed by atoms with van der Waals surface area (Å²) in [6, 6.07) is 7.69. The Kier molecular flexibility index (Phi) is 5.78. The van der Waals surface area contributed by atoms with Crippen LogP contribution in [0.3, 0.4) is 0 Å². The average Bonchev–Trinajstić information content (AvgIpc) is 3.40. The average molecular weight is 371 g/mol. The predicted octanol–water partition coefficient (Wildman–Crippen LogP) is 2.94. The molecule has 0 spiro atoms. The van der Waals surface area contributed by atoms with E-state index < -0.39 is 0 Å². The van der Waals surface area contributed by atoms with Gasteiger partial charge in [0, 0.05) is 12.5 Å². The molecule has 0 aliphatic heterocycles. The Hall–Kier alpha value is -2.83. The zero-order chi connectivity index (χ0) is 19.4. The molecule has 2 N–H and O–H groups in total. The van der Waals surface area contributed by atoms with Crippen molar-refractivity contribution in [2.45, 2.75) is 39.0 Å². The summed E-state index contributed by atoms with van der Waals surface area (Å²) in [5.74, 6) is 2.02. The molecule has 1 aliphatic carbocycles. The second-order valence-electron chi connectivity index (χ2n) is 7.02. The van der Waals surface area contributed by atoms with Crippen LogP contribution < -0.4 is 15.4 Å². The molecule has 2 amide bonds. The Labute approximate surface area is 158 Å². The second-order valence-corrected chi connectivity index (χ2v) is 7.02. The first kappa shape index (κ1) is 18.9. The maximum atomic E-state index is 12.4. The number of hydrogen-bond donors (Lipinski definition) is 2. The minimum Gasteiger partial charge on any atom is -0.496 e. The minimum absolute atomic E-state index is 0.0935. The van der Waals surface area contributed by atoms with E-state index in [2.05, 4.69) is 21.9 Å². The van der Waals surface area contributed by atoms with E-state index in [0.717, 1.165) is 29.7 Å². The number of amides is 2. The fraction of sp³-hybridized carbons (Fsp3) is 0.450. The maximum absolute atomic E-state index is 12.4. The molecule has 1 aromatic carbocycles. The molecule has 1 saturated carbocycles. The van der Waals surface area contributed by atoms with Gasteiger partial charge in [0.25, 0.3) is 0 Å². The molecule has 1 atom stereocenters. The Bertz CT molecular complexity index is 826. The van der Waals surface area contributed by atoms with Crippen LogP contribution in [0, 0.1) is 19.8 Å². The molecule has 7 heteroatoms. The monoisotopic (exact) mass is 371 g/mol. The van der Waals surface area contributed by atoms with E-state index >= 15 is 0 Å². The highest BCUT2D eigenvalue weighted by Gasteiger charge is 2.34. The molecule has 27 heavy (non-hydrogen) atoms. The van der Waals surface area contributed by atoms with E-state index in [1.807, 2.05) is 19.1 Å². The highest BCUT2D eigenvalue weighted by atomic mass is 16.5. The third-order valence-corrected chi connectivity index (χ3v) is 4.78. The van der Waals surface area contributed by atoms with E-state index in [-0.39, 0.29) is 24.3 Å². The molecule has 1 aliphatic rings. The summed E-state index contributed by atoms with van der Waals surface area (Å²) in [7, 11) is 1.65. The highest BCUT2D eigenvalue weighted by Crippen LogP contribution is 2.45. The molecule has 1 fully saturated rings. The lowest BCUT2D eigenvalue weighted by atomic mass is 9.89. The lowest BCUT2D eigenvalue weighted by Gasteiger charge is -2.18.